The second-order valence-electron chi connectivity index (χ2n) is 6.62. The number of benzene rings is 2. The molecule has 154 valence electrons. The number of ether oxygens (including phenoxy) is 2. The van der Waals surface area contributed by atoms with Crippen molar-refractivity contribution < 1.29 is 23.3 Å². The molecule has 1 aliphatic heterocycles. The second-order valence-corrected chi connectivity index (χ2v) is 8.07. The monoisotopic (exact) mass is 416 g/mol. The van der Waals surface area contributed by atoms with Crippen molar-refractivity contribution in [3.63, 3.8) is 0 Å². The predicted octanol–water partition coefficient (Wildman–Crippen LogP) is 1.81. The zero-order chi connectivity index (χ0) is 20.6. The van der Waals surface area contributed by atoms with E-state index < -0.39 is 16.7 Å². The Morgan fingerprint density at radius 3 is 2.59 bits per heavy atom. The van der Waals surface area contributed by atoms with Gasteiger partial charge in [-0.1, -0.05) is 24.3 Å². The molecule has 0 unspecified atom stereocenters. The highest BCUT2D eigenvalue weighted by Gasteiger charge is 2.21. The van der Waals surface area contributed by atoms with Crippen molar-refractivity contribution in [1.82, 2.24) is 5.32 Å². The van der Waals surface area contributed by atoms with Crippen LogP contribution in [-0.2, 0) is 31.5 Å². The number of rotatable bonds is 8. The van der Waals surface area contributed by atoms with Crippen LogP contribution in [0.1, 0.15) is 17.2 Å². The van der Waals surface area contributed by atoms with E-state index in [4.69, 9.17) is 9.47 Å². The lowest BCUT2D eigenvalue weighted by atomic mass is 9.97. The van der Waals surface area contributed by atoms with Gasteiger partial charge < -0.3 is 20.1 Å². The molecule has 2 amide bonds. The molecule has 3 rings (SSSR count). The van der Waals surface area contributed by atoms with Gasteiger partial charge in [0.15, 0.2) is 0 Å². The topological polar surface area (TPSA) is 93.7 Å². The van der Waals surface area contributed by atoms with Crippen molar-refractivity contribution in [3.8, 4) is 5.75 Å². The van der Waals surface area contributed by atoms with E-state index in [1.807, 2.05) is 18.2 Å². The number of methoxy groups -OCH3 is 1. The molecule has 0 aliphatic carbocycles. The van der Waals surface area contributed by atoms with Crippen molar-refractivity contribution in [2.45, 2.75) is 12.5 Å². The highest BCUT2D eigenvalue weighted by molar-refractivity contribution is 7.86. The van der Waals surface area contributed by atoms with Crippen LogP contribution >= 0.6 is 0 Å². The first-order valence-electron chi connectivity index (χ1n) is 9.30. The van der Waals surface area contributed by atoms with Crippen molar-refractivity contribution in [2.75, 3.05) is 37.1 Å². The van der Waals surface area contributed by atoms with Gasteiger partial charge in [-0.3, -0.25) is 13.8 Å². The molecule has 1 aliphatic rings. The summed E-state index contributed by atoms with van der Waals surface area (Å²) in [6, 6.07) is 14.8. The van der Waals surface area contributed by atoms with E-state index in [0.29, 0.717) is 24.6 Å². The van der Waals surface area contributed by atoms with Crippen LogP contribution in [0.15, 0.2) is 48.5 Å². The summed E-state index contributed by atoms with van der Waals surface area (Å²) in [5.74, 6) is -0.585. The Labute approximate surface area is 172 Å². The quantitative estimate of drug-likeness (QED) is 0.685. The molecule has 2 aromatic rings. The molecule has 8 heteroatoms. The van der Waals surface area contributed by atoms with E-state index in [-0.39, 0.29) is 23.5 Å². The maximum Gasteiger partial charge on any atom is 0.237 e. The molecule has 0 fully saturated rings. The van der Waals surface area contributed by atoms with Crippen LogP contribution in [0.4, 0.5) is 5.69 Å². The van der Waals surface area contributed by atoms with Gasteiger partial charge in [0.1, 0.15) is 23.4 Å². The molecule has 0 saturated carbocycles. The van der Waals surface area contributed by atoms with Gasteiger partial charge >= 0.3 is 0 Å². The summed E-state index contributed by atoms with van der Waals surface area (Å²) in [5.41, 5.74) is 2.86. The fraction of sp³-hybridized carbons (Fsp3) is 0.333. The van der Waals surface area contributed by atoms with Gasteiger partial charge in [-0.25, -0.2) is 0 Å². The third-order valence-electron chi connectivity index (χ3n) is 4.53. The third-order valence-corrected chi connectivity index (χ3v) is 5.70. The molecular formula is C21H24N2O5S. The third kappa shape index (κ3) is 6.13. The molecule has 2 atom stereocenters. The molecule has 29 heavy (non-hydrogen) atoms. The maximum atomic E-state index is 12.1. The normalized spacial score (nSPS) is 16.4. The standard InChI is InChI=1S/C21H24N2O5S/c1-27-17-8-6-16(7-9-17)23-21(25)14-29(26)13-20(24)22-12-19-18-5-3-2-4-15(18)10-11-28-19/h2-9,19H,10-14H2,1H3,(H,22,24)(H,23,25)/t19-,29-/m0/s1. The van der Waals surface area contributed by atoms with Crippen molar-refractivity contribution in [2.24, 2.45) is 0 Å². The molecular weight excluding hydrogens is 392 g/mol. The van der Waals surface area contributed by atoms with Crippen molar-refractivity contribution in [3.05, 3.63) is 59.7 Å². The first-order chi connectivity index (χ1) is 14.0. The molecule has 0 spiro atoms. The summed E-state index contributed by atoms with van der Waals surface area (Å²) in [6.45, 7) is 0.917. The van der Waals surface area contributed by atoms with Gasteiger partial charge in [0.05, 0.1) is 13.7 Å². The molecule has 2 aromatic carbocycles. The summed E-state index contributed by atoms with van der Waals surface area (Å²) in [5, 5.41) is 5.41. The summed E-state index contributed by atoms with van der Waals surface area (Å²) < 4.78 is 22.9. The smallest absolute Gasteiger partial charge is 0.237 e. The van der Waals surface area contributed by atoms with E-state index in [0.717, 1.165) is 12.0 Å². The zero-order valence-electron chi connectivity index (χ0n) is 16.2. The minimum absolute atomic E-state index is 0.212. The molecule has 0 aromatic heterocycles. The Bertz CT molecular complexity index is 885. The highest BCUT2D eigenvalue weighted by atomic mass is 32.2. The van der Waals surface area contributed by atoms with Crippen LogP contribution in [0.5, 0.6) is 5.75 Å². The number of hydrogen-bond donors (Lipinski definition) is 2. The lowest BCUT2D eigenvalue weighted by Crippen LogP contribution is -2.35. The Morgan fingerprint density at radius 2 is 1.83 bits per heavy atom. The van der Waals surface area contributed by atoms with Crippen LogP contribution in [0.2, 0.25) is 0 Å². The number of carbonyl (C=O) groups is 2. The summed E-state index contributed by atoms with van der Waals surface area (Å²) in [7, 11) is -0.0445. The van der Waals surface area contributed by atoms with Crippen LogP contribution < -0.4 is 15.4 Å². The molecule has 2 N–H and O–H groups in total. The lowest BCUT2D eigenvalue weighted by Gasteiger charge is -2.26. The minimum atomic E-state index is -1.60. The van der Waals surface area contributed by atoms with Crippen molar-refractivity contribution >= 4 is 28.3 Å². The molecule has 1 heterocycles. The summed E-state index contributed by atoms with van der Waals surface area (Å²) in [6.07, 6.45) is 0.643. The van der Waals surface area contributed by atoms with Gasteiger partial charge in [0.25, 0.3) is 0 Å². The number of anilines is 1. The number of amides is 2. The van der Waals surface area contributed by atoms with Gasteiger partial charge in [-0.15, -0.1) is 0 Å². The van der Waals surface area contributed by atoms with Gasteiger partial charge in [0.2, 0.25) is 11.8 Å². The van der Waals surface area contributed by atoms with E-state index in [9.17, 15) is 13.8 Å². The van der Waals surface area contributed by atoms with Crippen LogP contribution in [0.25, 0.3) is 0 Å². The van der Waals surface area contributed by atoms with Crippen LogP contribution in [-0.4, -0.2) is 47.8 Å². The lowest BCUT2D eigenvalue weighted by molar-refractivity contribution is -0.119. The van der Waals surface area contributed by atoms with Gasteiger partial charge in [0, 0.05) is 23.0 Å². The number of hydrogen-bond acceptors (Lipinski definition) is 5. The second kappa shape index (κ2) is 10.2. The molecule has 7 nitrogen and oxygen atoms in total. The fourth-order valence-corrected chi connectivity index (χ4v) is 3.98. The van der Waals surface area contributed by atoms with Crippen molar-refractivity contribution in [1.29, 1.82) is 0 Å². The molecule has 0 bridgehead atoms. The first-order valence-corrected chi connectivity index (χ1v) is 10.8. The van der Waals surface area contributed by atoms with E-state index in [1.165, 1.54) is 5.56 Å². The SMILES string of the molecule is COc1ccc(NC(=O)C[S@@](=O)CC(=O)NC[C@@H]2OCCc3ccccc32)cc1. The van der Waals surface area contributed by atoms with E-state index in [1.54, 1.807) is 31.4 Å². The van der Waals surface area contributed by atoms with E-state index >= 15 is 0 Å². The summed E-state index contributed by atoms with van der Waals surface area (Å²) in [4.78, 5) is 24.1. The van der Waals surface area contributed by atoms with Crippen LogP contribution in [0.3, 0.4) is 0 Å². The number of carbonyl (C=O) groups excluding carboxylic acids is 2. The zero-order valence-corrected chi connectivity index (χ0v) is 17.0. The average molecular weight is 416 g/mol. The number of nitrogens with one attached hydrogen (secondary N) is 2. The van der Waals surface area contributed by atoms with Gasteiger partial charge in [-0.2, -0.15) is 0 Å². The first kappa shape index (κ1) is 21.0. The largest absolute Gasteiger partial charge is 0.497 e. The Kier molecular flexibility index (Phi) is 7.37. The minimum Gasteiger partial charge on any atom is -0.497 e. The fourth-order valence-electron chi connectivity index (χ4n) is 3.12. The Hall–Kier alpha value is -2.71. The molecule has 0 radical (unpaired) electrons. The average Bonchev–Trinajstić information content (AvgIpc) is 2.72. The maximum absolute atomic E-state index is 12.1. The van der Waals surface area contributed by atoms with Crippen LogP contribution in [0, 0.1) is 0 Å². The van der Waals surface area contributed by atoms with Gasteiger partial charge in [-0.05, 0) is 41.8 Å². The Morgan fingerprint density at radius 1 is 1.10 bits per heavy atom. The highest BCUT2D eigenvalue weighted by Crippen LogP contribution is 2.26. The van der Waals surface area contributed by atoms with E-state index in [2.05, 4.69) is 16.7 Å². The molecule has 0 saturated heterocycles. The number of fused-ring (bicyclic) bond motifs is 1. The predicted molar refractivity (Wildman–Crippen MR) is 111 cm³/mol. The Balaban J connectivity index is 1.42. The summed E-state index contributed by atoms with van der Waals surface area (Å²) >= 11 is 0.